The second-order valence-electron chi connectivity index (χ2n) is 8.23. The molecule has 0 aliphatic heterocycles. The number of aryl methyl sites for hydroxylation is 1. The largest absolute Gasteiger partial charge is 0.381 e. The zero-order valence-electron chi connectivity index (χ0n) is 17.8. The van der Waals surface area contributed by atoms with Crippen molar-refractivity contribution in [2.45, 2.75) is 57.0 Å². The van der Waals surface area contributed by atoms with Crippen LogP contribution in [-0.2, 0) is 11.2 Å². The summed E-state index contributed by atoms with van der Waals surface area (Å²) in [5.74, 6) is 0.885. The van der Waals surface area contributed by atoms with E-state index in [1.165, 1.54) is 29.7 Å². The number of aliphatic imine (C=N–C) groups is 1. The molecule has 1 aliphatic rings. The molecular formula is C24H33N5O. The summed E-state index contributed by atoms with van der Waals surface area (Å²) in [4.78, 5) is 21.3. The van der Waals surface area contributed by atoms with Crippen LogP contribution in [0, 0.1) is 5.92 Å². The maximum absolute atomic E-state index is 11.1. The van der Waals surface area contributed by atoms with Crippen molar-refractivity contribution in [3.8, 4) is 0 Å². The average molecular weight is 408 g/mol. The van der Waals surface area contributed by atoms with Crippen LogP contribution in [0.3, 0.4) is 0 Å². The van der Waals surface area contributed by atoms with Crippen LogP contribution in [0.2, 0.25) is 0 Å². The van der Waals surface area contributed by atoms with Gasteiger partial charge in [-0.15, -0.1) is 0 Å². The van der Waals surface area contributed by atoms with Gasteiger partial charge in [-0.1, -0.05) is 43.2 Å². The third kappa shape index (κ3) is 6.87. The van der Waals surface area contributed by atoms with Gasteiger partial charge in [-0.2, -0.15) is 0 Å². The number of guanidine groups is 1. The lowest BCUT2D eigenvalue weighted by atomic mass is 9.81. The molecule has 30 heavy (non-hydrogen) atoms. The molecule has 1 aliphatic carbocycles. The Morgan fingerprint density at radius 2 is 2.13 bits per heavy atom. The Balaban J connectivity index is 1.62. The number of rotatable bonds is 9. The van der Waals surface area contributed by atoms with Gasteiger partial charge >= 0.3 is 0 Å². The molecular weight excluding hydrogens is 374 g/mol. The molecule has 1 saturated carbocycles. The summed E-state index contributed by atoms with van der Waals surface area (Å²) < 4.78 is 0. The number of benzene rings is 1. The van der Waals surface area contributed by atoms with Gasteiger partial charge in [0.2, 0.25) is 6.41 Å². The van der Waals surface area contributed by atoms with Gasteiger partial charge in [0, 0.05) is 25.5 Å². The van der Waals surface area contributed by atoms with Gasteiger partial charge in [0.1, 0.15) is 0 Å². The van der Waals surface area contributed by atoms with Crippen molar-refractivity contribution in [1.82, 2.24) is 9.88 Å². The van der Waals surface area contributed by atoms with Crippen LogP contribution in [0.15, 0.2) is 59.9 Å². The van der Waals surface area contributed by atoms with E-state index < -0.39 is 0 Å². The van der Waals surface area contributed by atoms with E-state index in [1.54, 1.807) is 13.2 Å². The molecule has 0 radical (unpaired) electrons. The van der Waals surface area contributed by atoms with E-state index in [0.717, 1.165) is 31.4 Å². The molecule has 1 amide bonds. The first-order valence-corrected chi connectivity index (χ1v) is 10.9. The molecule has 1 aromatic heterocycles. The lowest BCUT2D eigenvalue weighted by Crippen LogP contribution is -2.35. The molecule has 2 aromatic rings. The first kappa shape index (κ1) is 21.8. The summed E-state index contributed by atoms with van der Waals surface area (Å²) in [6.45, 7) is 0. The lowest BCUT2D eigenvalue weighted by molar-refractivity contribution is -0.114. The maximum atomic E-state index is 11.1. The van der Waals surface area contributed by atoms with E-state index in [2.05, 4.69) is 40.6 Å². The Bertz CT molecular complexity index is 796. The number of aromatic nitrogens is 1. The molecule has 1 aromatic carbocycles. The predicted molar refractivity (Wildman–Crippen MR) is 122 cm³/mol. The van der Waals surface area contributed by atoms with Crippen LogP contribution in [-0.4, -0.2) is 41.4 Å². The predicted octanol–water partition coefficient (Wildman–Crippen LogP) is 3.85. The molecule has 3 N–H and O–H groups in total. The van der Waals surface area contributed by atoms with Gasteiger partial charge in [-0.25, -0.2) is 4.99 Å². The Morgan fingerprint density at radius 1 is 1.30 bits per heavy atom. The van der Waals surface area contributed by atoms with Gasteiger partial charge in [0.05, 0.1) is 11.7 Å². The van der Waals surface area contributed by atoms with E-state index in [1.807, 2.05) is 18.3 Å². The van der Waals surface area contributed by atoms with Crippen molar-refractivity contribution in [2.75, 3.05) is 12.4 Å². The number of hydrogen-bond acceptors (Lipinski definition) is 4. The van der Waals surface area contributed by atoms with Crippen molar-refractivity contribution in [3.63, 3.8) is 0 Å². The van der Waals surface area contributed by atoms with E-state index >= 15 is 0 Å². The monoisotopic (exact) mass is 407 g/mol. The Labute approximate surface area is 179 Å². The average Bonchev–Trinajstić information content (AvgIpc) is 2.78. The standard InChI is InChI=1S/C24H33N5O/c1-29(18-30)24(25)28-22(13-12-19-7-3-2-4-8-19)16-20-9-5-10-21(15-20)27-23-11-6-14-26-17-23/h2-4,6-8,11,14,17-18,20-22,27H,5,9-10,12-13,15-16H2,1H3,(H2,25,28)/t20-,21-,22+/m0/s1. The minimum atomic E-state index is 0.106. The van der Waals surface area contributed by atoms with Crippen LogP contribution in [0.5, 0.6) is 0 Å². The third-order valence-corrected chi connectivity index (χ3v) is 5.86. The number of nitrogens with two attached hydrogens (primary N) is 1. The van der Waals surface area contributed by atoms with Crippen molar-refractivity contribution in [3.05, 3.63) is 60.4 Å². The molecule has 1 fully saturated rings. The van der Waals surface area contributed by atoms with Crippen molar-refractivity contribution in [2.24, 2.45) is 16.6 Å². The van der Waals surface area contributed by atoms with Crippen LogP contribution < -0.4 is 11.1 Å². The molecule has 3 atom stereocenters. The minimum absolute atomic E-state index is 0.106. The van der Waals surface area contributed by atoms with Crippen LogP contribution in [0.25, 0.3) is 0 Å². The molecule has 0 bridgehead atoms. The second kappa shape index (κ2) is 11.3. The number of carbonyl (C=O) groups is 1. The van der Waals surface area contributed by atoms with Gasteiger partial charge in [-0.05, 0) is 55.7 Å². The fraction of sp³-hybridized carbons (Fsp3) is 0.458. The number of pyridine rings is 1. The van der Waals surface area contributed by atoms with Crippen molar-refractivity contribution < 1.29 is 4.79 Å². The number of nitrogens with zero attached hydrogens (tertiary/aromatic N) is 3. The summed E-state index contributed by atoms with van der Waals surface area (Å²) >= 11 is 0. The van der Waals surface area contributed by atoms with Crippen LogP contribution in [0.1, 0.15) is 44.1 Å². The quantitative estimate of drug-likeness (QED) is 0.376. The van der Waals surface area contributed by atoms with Gasteiger partial charge in [-0.3, -0.25) is 14.7 Å². The molecule has 0 saturated heterocycles. The summed E-state index contributed by atoms with van der Waals surface area (Å²) in [7, 11) is 1.65. The number of hydrogen-bond donors (Lipinski definition) is 2. The van der Waals surface area contributed by atoms with E-state index in [0.29, 0.717) is 24.3 Å². The number of carbonyl (C=O) groups excluding carboxylic acids is 1. The van der Waals surface area contributed by atoms with Crippen LogP contribution >= 0.6 is 0 Å². The van der Waals surface area contributed by atoms with E-state index in [4.69, 9.17) is 10.7 Å². The minimum Gasteiger partial charge on any atom is -0.381 e. The van der Waals surface area contributed by atoms with Gasteiger partial charge in [0.25, 0.3) is 0 Å². The normalized spacial score (nSPS) is 20.4. The van der Waals surface area contributed by atoms with Crippen molar-refractivity contribution >= 4 is 18.1 Å². The summed E-state index contributed by atoms with van der Waals surface area (Å²) in [6, 6.07) is 15.1. The lowest BCUT2D eigenvalue weighted by Gasteiger charge is -2.32. The van der Waals surface area contributed by atoms with Gasteiger partial charge < -0.3 is 11.1 Å². The number of nitrogens with one attached hydrogen (secondary N) is 1. The first-order valence-electron chi connectivity index (χ1n) is 10.9. The first-order chi connectivity index (χ1) is 14.6. The zero-order chi connectivity index (χ0) is 21.2. The van der Waals surface area contributed by atoms with Crippen LogP contribution in [0.4, 0.5) is 5.69 Å². The SMILES string of the molecule is CN(C=O)C(N)=N[C@H](CCc1ccccc1)C[C@H]1CCC[C@H](Nc2cccnc2)C1. The van der Waals surface area contributed by atoms with E-state index in [9.17, 15) is 4.79 Å². The highest BCUT2D eigenvalue weighted by Crippen LogP contribution is 2.31. The Hall–Kier alpha value is -2.89. The maximum Gasteiger partial charge on any atom is 0.216 e. The fourth-order valence-electron chi connectivity index (χ4n) is 4.25. The number of anilines is 1. The molecule has 6 nitrogen and oxygen atoms in total. The highest BCUT2D eigenvalue weighted by atomic mass is 16.1. The number of amides is 1. The van der Waals surface area contributed by atoms with Crippen molar-refractivity contribution in [1.29, 1.82) is 0 Å². The summed E-state index contributed by atoms with van der Waals surface area (Å²) in [5.41, 5.74) is 8.44. The molecule has 6 heteroatoms. The summed E-state index contributed by atoms with van der Waals surface area (Å²) in [5, 5.41) is 3.63. The third-order valence-electron chi connectivity index (χ3n) is 5.86. The molecule has 1 heterocycles. The summed E-state index contributed by atoms with van der Waals surface area (Å²) in [6.07, 6.45) is 12.0. The highest BCUT2D eigenvalue weighted by molar-refractivity contribution is 5.87. The fourth-order valence-corrected chi connectivity index (χ4v) is 4.25. The second-order valence-corrected chi connectivity index (χ2v) is 8.23. The zero-order valence-corrected chi connectivity index (χ0v) is 17.8. The molecule has 0 spiro atoms. The molecule has 160 valence electrons. The topological polar surface area (TPSA) is 83.6 Å². The Kier molecular flexibility index (Phi) is 8.24. The molecule has 3 rings (SSSR count). The van der Waals surface area contributed by atoms with Gasteiger partial charge in [0.15, 0.2) is 5.96 Å². The van der Waals surface area contributed by atoms with E-state index in [-0.39, 0.29) is 6.04 Å². The smallest absolute Gasteiger partial charge is 0.216 e. The Morgan fingerprint density at radius 3 is 2.87 bits per heavy atom. The highest BCUT2D eigenvalue weighted by Gasteiger charge is 2.25. The molecule has 0 unspecified atom stereocenters.